The zero-order valence-electron chi connectivity index (χ0n) is 17.7. The molecule has 0 unspecified atom stereocenters. The van der Waals surface area contributed by atoms with Crippen molar-refractivity contribution >= 4 is 31.0 Å². The highest BCUT2D eigenvalue weighted by atomic mass is 32.1. The van der Waals surface area contributed by atoms with E-state index in [1.54, 1.807) is 0 Å². The first-order valence-corrected chi connectivity index (χ1v) is 12.2. The molecule has 0 aromatic heterocycles. The Balaban J connectivity index is 1.75. The average Bonchev–Trinajstić information content (AvgIpc) is 2.79. The Labute approximate surface area is 192 Å². The van der Waals surface area contributed by atoms with Gasteiger partial charge in [0.1, 0.15) is 11.5 Å². The van der Waals surface area contributed by atoms with E-state index in [9.17, 15) is 4.79 Å². The fourth-order valence-corrected chi connectivity index (χ4v) is 3.53. The van der Waals surface area contributed by atoms with Gasteiger partial charge >= 0.3 is 0 Å². The summed E-state index contributed by atoms with van der Waals surface area (Å²) in [6.45, 7) is 1.41. The van der Waals surface area contributed by atoms with Crippen LogP contribution in [0.1, 0.15) is 67.3 Å². The molecule has 0 fully saturated rings. The standard InChI is InChI=1S/C25H34O3S2/c26-25(21-9-13-23(14-10-21)27-17-5-1-3-7-19-29)22-11-15-24(16-12-22)28-18-6-2-4-8-20-30/h9-16,29-30H,1-8,17-20H2. The van der Waals surface area contributed by atoms with E-state index in [1.807, 2.05) is 48.5 Å². The molecule has 0 aliphatic rings. The summed E-state index contributed by atoms with van der Waals surface area (Å²) >= 11 is 8.44. The normalized spacial score (nSPS) is 10.7. The highest BCUT2D eigenvalue weighted by Crippen LogP contribution is 2.19. The fourth-order valence-electron chi connectivity index (χ4n) is 3.09. The van der Waals surface area contributed by atoms with Gasteiger partial charge in [-0.05, 0) is 85.7 Å². The number of ether oxygens (including phenoxy) is 2. The summed E-state index contributed by atoms with van der Waals surface area (Å²) in [5.41, 5.74) is 1.32. The number of hydrogen-bond acceptors (Lipinski definition) is 5. The zero-order chi connectivity index (χ0) is 21.4. The lowest BCUT2D eigenvalue weighted by molar-refractivity contribution is 0.103. The number of benzene rings is 2. The molecule has 164 valence electrons. The molecule has 0 heterocycles. The molecule has 2 aromatic carbocycles. The summed E-state index contributed by atoms with van der Waals surface area (Å²) in [6, 6.07) is 14.8. The molecule has 0 aliphatic carbocycles. The minimum Gasteiger partial charge on any atom is -0.494 e. The van der Waals surface area contributed by atoms with Crippen molar-refractivity contribution in [3.63, 3.8) is 0 Å². The first kappa shape index (κ1) is 24.7. The van der Waals surface area contributed by atoms with Crippen LogP contribution in [0.4, 0.5) is 0 Å². The Bertz CT molecular complexity index is 653. The first-order valence-electron chi connectivity index (χ1n) is 11.0. The van der Waals surface area contributed by atoms with Crippen molar-refractivity contribution < 1.29 is 14.3 Å². The van der Waals surface area contributed by atoms with E-state index in [0.29, 0.717) is 24.3 Å². The maximum Gasteiger partial charge on any atom is 0.193 e. The number of unbranched alkanes of at least 4 members (excludes halogenated alkanes) is 6. The van der Waals surface area contributed by atoms with Gasteiger partial charge in [0.15, 0.2) is 5.78 Å². The molecule has 0 atom stereocenters. The molecule has 2 rings (SSSR count). The third kappa shape index (κ3) is 9.48. The number of carbonyl (C=O) groups excluding carboxylic acids is 1. The highest BCUT2D eigenvalue weighted by Gasteiger charge is 2.09. The van der Waals surface area contributed by atoms with Crippen LogP contribution in [-0.4, -0.2) is 30.5 Å². The Morgan fingerprint density at radius 1 is 0.567 bits per heavy atom. The van der Waals surface area contributed by atoms with Crippen LogP contribution < -0.4 is 9.47 Å². The van der Waals surface area contributed by atoms with Gasteiger partial charge in [0.2, 0.25) is 0 Å². The summed E-state index contributed by atoms with van der Waals surface area (Å²) in [5, 5.41) is 0. The molecule has 5 heteroatoms. The van der Waals surface area contributed by atoms with Gasteiger partial charge in [0.05, 0.1) is 13.2 Å². The van der Waals surface area contributed by atoms with Crippen LogP contribution in [0.3, 0.4) is 0 Å². The van der Waals surface area contributed by atoms with E-state index in [1.165, 1.54) is 12.8 Å². The molecular formula is C25H34O3S2. The van der Waals surface area contributed by atoms with Crippen LogP contribution >= 0.6 is 25.3 Å². The van der Waals surface area contributed by atoms with Crippen LogP contribution in [0.5, 0.6) is 11.5 Å². The SMILES string of the molecule is O=C(c1ccc(OCCCCCCS)cc1)c1ccc(OCCCCCCS)cc1. The molecule has 0 amide bonds. The third-order valence-corrected chi connectivity index (χ3v) is 5.51. The molecule has 3 nitrogen and oxygen atoms in total. The number of carbonyl (C=O) groups is 1. The third-order valence-electron chi connectivity index (χ3n) is 4.88. The summed E-state index contributed by atoms with van der Waals surface area (Å²) in [5.74, 6) is 3.51. The topological polar surface area (TPSA) is 35.5 Å². The Kier molecular flexibility index (Phi) is 12.5. The van der Waals surface area contributed by atoms with Crippen molar-refractivity contribution in [2.24, 2.45) is 0 Å². The number of thiol groups is 2. The predicted molar refractivity (Wildman–Crippen MR) is 132 cm³/mol. The molecule has 0 saturated carbocycles. The molecule has 0 saturated heterocycles. The van der Waals surface area contributed by atoms with Crippen molar-refractivity contribution in [3.05, 3.63) is 59.7 Å². The van der Waals surface area contributed by atoms with Crippen molar-refractivity contribution in [3.8, 4) is 11.5 Å². The van der Waals surface area contributed by atoms with E-state index in [4.69, 9.17) is 9.47 Å². The number of ketones is 1. The van der Waals surface area contributed by atoms with Crippen molar-refractivity contribution in [2.75, 3.05) is 24.7 Å². The Hall–Kier alpha value is -1.59. The molecule has 0 bridgehead atoms. The second-order valence-corrected chi connectivity index (χ2v) is 8.24. The van der Waals surface area contributed by atoms with Crippen molar-refractivity contribution in [2.45, 2.75) is 51.4 Å². The van der Waals surface area contributed by atoms with Gasteiger partial charge in [0.25, 0.3) is 0 Å². The summed E-state index contributed by atoms with van der Waals surface area (Å²) < 4.78 is 11.5. The maximum atomic E-state index is 12.7. The van der Waals surface area contributed by atoms with E-state index < -0.39 is 0 Å². The Morgan fingerprint density at radius 2 is 0.933 bits per heavy atom. The predicted octanol–water partition coefficient (Wildman–Crippen LogP) is 6.66. The van der Waals surface area contributed by atoms with Crippen LogP contribution in [0, 0.1) is 0 Å². The average molecular weight is 447 g/mol. The molecule has 0 radical (unpaired) electrons. The van der Waals surface area contributed by atoms with E-state index in [0.717, 1.165) is 61.5 Å². The van der Waals surface area contributed by atoms with Gasteiger partial charge in [-0.1, -0.05) is 25.7 Å². The fraction of sp³-hybridized carbons (Fsp3) is 0.480. The van der Waals surface area contributed by atoms with Crippen LogP contribution in [0.15, 0.2) is 48.5 Å². The minimum atomic E-state index is 0.00612. The summed E-state index contributed by atoms with van der Waals surface area (Å²) in [7, 11) is 0. The van der Waals surface area contributed by atoms with Gasteiger partial charge < -0.3 is 9.47 Å². The lowest BCUT2D eigenvalue weighted by atomic mass is 10.0. The monoisotopic (exact) mass is 446 g/mol. The van der Waals surface area contributed by atoms with E-state index in [-0.39, 0.29) is 5.78 Å². The van der Waals surface area contributed by atoms with Gasteiger partial charge in [-0.25, -0.2) is 0 Å². The number of rotatable bonds is 16. The largest absolute Gasteiger partial charge is 0.494 e. The van der Waals surface area contributed by atoms with Gasteiger partial charge in [-0.2, -0.15) is 25.3 Å². The summed E-state index contributed by atoms with van der Waals surface area (Å²) in [6.07, 6.45) is 9.10. The first-order chi connectivity index (χ1) is 14.7. The molecule has 2 aromatic rings. The van der Waals surface area contributed by atoms with E-state index >= 15 is 0 Å². The maximum absolute atomic E-state index is 12.7. The molecule has 30 heavy (non-hydrogen) atoms. The minimum absolute atomic E-state index is 0.00612. The van der Waals surface area contributed by atoms with Gasteiger partial charge in [-0.3, -0.25) is 4.79 Å². The van der Waals surface area contributed by atoms with Crippen LogP contribution in [0.2, 0.25) is 0 Å². The molecular weight excluding hydrogens is 412 g/mol. The Morgan fingerprint density at radius 3 is 1.30 bits per heavy atom. The lowest BCUT2D eigenvalue weighted by Gasteiger charge is -2.08. The molecule has 0 N–H and O–H groups in total. The number of hydrogen-bond donors (Lipinski definition) is 2. The lowest BCUT2D eigenvalue weighted by Crippen LogP contribution is -2.03. The second kappa shape index (κ2) is 15.2. The van der Waals surface area contributed by atoms with E-state index in [2.05, 4.69) is 25.3 Å². The molecule has 0 spiro atoms. The van der Waals surface area contributed by atoms with Crippen LogP contribution in [0.25, 0.3) is 0 Å². The zero-order valence-corrected chi connectivity index (χ0v) is 19.5. The quantitative estimate of drug-likeness (QED) is 0.172. The molecule has 0 aliphatic heterocycles. The van der Waals surface area contributed by atoms with Crippen LogP contribution in [-0.2, 0) is 0 Å². The highest BCUT2D eigenvalue weighted by molar-refractivity contribution is 7.80. The van der Waals surface area contributed by atoms with Crippen molar-refractivity contribution in [1.29, 1.82) is 0 Å². The van der Waals surface area contributed by atoms with Gasteiger partial charge in [-0.15, -0.1) is 0 Å². The summed E-state index contributed by atoms with van der Waals surface area (Å²) in [4.78, 5) is 12.7. The van der Waals surface area contributed by atoms with Gasteiger partial charge in [0, 0.05) is 11.1 Å². The van der Waals surface area contributed by atoms with Crippen molar-refractivity contribution in [1.82, 2.24) is 0 Å². The smallest absolute Gasteiger partial charge is 0.193 e. The second-order valence-electron chi connectivity index (χ2n) is 7.35.